The maximum absolute atomic E-state index is 12.5. The van der Waals surface area contributed by atoms with E-state index in [4.69, 9.17) is 0 Å². The van der Waals surface area contributed by atoms with Crippen molar-refractivity contribution in [2.24, 2.45) is 0 Å². The zero-order chi connectivity index (χ0) is 15.2. The van der Waals surface area contributed by atoms with Gasteiger partial charge in [-0.05, 0) is 32.8 Å². The Labute approximate surface area is 128 Å². The summed E-state index contributed by atoms with van der Waals surface area (Å²) >= 11 is 0. The van der Waals surface area contributed by atoms with E-state index in [9.17, 15) is 4.21 Å². The van der Waals surface area contributed by atoms with Crippen LogP contribution in [0.2, 0.25) is 0 Å². The third kappa shape index (κ3) is 2.55. The van der Waals surface area contributed by atoms with Gasteiger partial charge in [0.1, 0.15) is 5.82 Å². The average Bonchev–Trinajstić information content (AvgIpc) is 2.99. The van der Waals surface area contributed by atoms with E-state index in [1.807, 2.05) is 43.7 Å². The summed E-state index contributed by atoms with van der Waals surface area (Å²) in [5, 5.41) is 5.03. The molecule has 0 N–H and O–H groups in total. The SMILES string of the molecule is C[C@H]1C[C@@H](c2ccccc2)n2nc(S(=O)C(C)(C)C)nc21. The summed E-state index contributed by atoms with van der Waals surface area (Å²) in [6.07, 6.45) is 1.00. The molecular formula is C16H21N3OS. The van der Waals surface area contributed by atoms with E-state index in [-0.39, 0.29) is 10.8 Å². The van der Waals surface area contributed by atoms with E-state index in [1.54, 1.807) is 0 Å². The first-order chi connectivity index (χ1) is 9.88. The zero-order valence-corrected chi connectivity index (χ0v) is 13.7. The quantitative estimate of drug-likeness (QED) is 0.855. The van der Waals surface area contributed by atoms with Crippen molar-refractivity contribution < 1.29 is 4.21 Å². The monoisotopic (exact) mass is 303 g/mol. The van der Waals surface area contributed by atoms with Crippen LogP contribution in [-0.2, 0) is 10.8 Å². The number of nitrogens with zero attached hydrogens (tertiary/aromatic N) is 3. The third-order valence-electron chi connectivity index (χ3n) is 3.86. The Morgan fingerprint density at radius 3 is 2.52 bits per heavy atom. The van der Waals surface area contributed by atoms with Gasteiger partial charge in [-0.15, -0.1) is 5.10 Å². The highest BCUT2D eigenvalue weighted by molar-refractivity contribution is 7.86. The van der Waals surface area contributed by atoms with Crippen LogP contribution in [0.1, 0.15) is 57.5 Å². The van der Waals surface area contributed by atoms with E-state index < -0.39 is 10.8 Å². The van der Waals surface area contributed by atoms with Crippen LogP contribution in [0.5, 0.6) is 0 Å². The van der Waals surface area contributed by atoms with E-state index in [0.29, 0.717) is 11.1 Å². The van der Waals surface area contributed by atoms with Gasteiger partial charge in [-0.2, -0.15) is 0 Å². The van der Waals surface area contributed by atoms with E-state index in [0.717, 1.165) is 12.2 Å². The maximum Gasteiger partial charge on any atom is 0.239 e. The standard InChI is InChI=1S/C16H21N3OS/c1-11-10-13(12-8-6-5-7-9-12)19-14(11)17-15(18-19)21(20)16(2,3)4/h5-9,11,13H,10H2,1-4H3/t11-,13-,21?/m0/s1. The highest BCUT2D eigenvalue weighted by Gasteiger charge is 2.35. The number of aromatic nitrogens is 3. The average molecular weight is 303 g/mol. The third-order valence-corrected chi connectivity index (χ3v) is 5.47. The summed E-state index contributed by atoms with van der Waals surface area (Å²) < 4.78 is 14.1. The topological polar surface area (TPSA) is 47.8 Å². The summed E-state index contributed by atoms with van der Waals surface area (Å²) in [4.78, 5) is 4.57. The lowest BCUT2D eigenvalue weighted by Crippen LogP contribution is -2.23. The van der Waals surface area contributed by atoms with Crippen molar-refractivity contribution in [1.82, 2.24) is 14.8 Å². The minimum Gasteiger partial charge on any atom is -0.250 e. The molecule has 1 unspecified atom stereocenters. The van der Waals surface area contributed by atoms with E-state index >= 15 is 0 Å². The van der Waals surface area contributed by atoms with Crippen molar-refractivity contribution in [3.05, 3.63) is 41.7 Å². The second kappa shape index (κ2) is 5.05. The molecule has 0 spiro atoms. The molecule has 1 aliphatic rings. The highest BCUT2D eigenvalue weighted by atomic mass is 32.2. The highest BCUT2D eigenvalue weighted by Crippen LogP contribution is 2.38. The normalized spacial score (nSPS) is 23.0. The number of hydrogen-bond donors (Lipinski definition) is 0. The molecule has 112 valence electrons. The van der Waals surface area contributed by atoms with Gasteiger partial charge in [0.15, 0.2) is 0 Å². The summed E-state index contributed by atoms with van der Waals surface area (Å²) in [5.41, 5.74) is 1.24. The second-order valence-corrected chi connectivity index (χ2v) is 8.77. The molecule has 1 aromatic carbocycles. The smallest absolute Gasteiger partial charge is 0.239 e. The molecule has 3 atom stereocenters. The zero-order valence-electron chi connectivity index (χ0n) is 12.9. The minimum atomic E-state index is -1.19. The van der Waals surface area contributed by atoms with Crippen LogP contribution in [0.15, 0.2) is 35.5 Å². The van der Waals surface area contributed by atoms with Crippen molar-refractivity contribution in [2.75, 3.05) is 0 Å². The van der Waals surface area contributed by atoms with Crippen LogP contribution in [0.25, 0.3) is 0 Å². The van der Waals surface area contributed by atoms with E-state index in [1.165, 1.54) is 5.56 Å². The largest absolute Gasteiger partial charge is 0.250 e. The van der Waals surface area contributed by atoms with Crippen molar-refractivity contribution in [3.63, 3.8) is 0 Å². The molecule has 0 fully saturated rings. The number of benzene rings is 1. The summed E-state index contributed by atoms with van der Waals surface area (Å²) in [6.45, 7) is 8.02. The molecular weight excluding hydrogens is 282 g/mol. The molecule has 21 heavy (non-hydrogen) atoms. The molecule has 0 bridgehead atoms. The Bertz CT molecular complexity index is 673. The fourth-order valence-corrected chi connectivity index (χ4v) is 3.61. The molecule has 0 radical (unpaired) electrons. The second-order valence-electron chi connectivity index (χ2n) is 6.64. The van der Waals surface area contributed by atoms with Gasteiger partial charge in [-0.3, -0.25) is 4.21 Å². The molecule has 2 heterocycles. The molecule has 4 nitrogen and oxygen atoms in total. The summed E-state index contributed by atoms with van der Waals surface area (Å²) in [7, 11) is -1.19. The number of hydrogen-bond acceptors (Lipinski definition) is 3. The molecule has 3 rings (SSSR count). The number of fused-ring (bicyclic) bond motifs is 1. The van der Waals surface area contributed by atoms with Crippen molar-refractivity contribution in [2.45, 2.75) is 56.0 Å². The molecule has 0 amide bonds. The van der Waals surface area contributed by atoms with Crippen LogP contribution in [0, 0.1) is 0 Å². The van der Waals surface area contributed by atoms with Gasteiger partial charge in [0, 0.05) is 10.7 Å². The Hall–Kier alpha value is -1.49. The lowest BCUT2D eigenvalue weighted by molar-refractivity contribution is 0.528. The Balaban J connectivity index is 2.01. The Morgan fingerprint density at radius 2 is 1.90 bits per heavy atom. The van der Waals surface area contributed by atoms with Crippen LogP contribution >= 0.6 is 0 Å². The van der Waals surface area contributed by atoms with Gasteiger partial charge in [0.25, 0.3) is 0 Å². The molecule has 0 aliphatic carbocycles. The lowest BCUT2D eigenvalue weighted by atomic mass is 10.0. The van der Waals surface area contributed by atoms with Crippen LogP contribution in [-0.4, -0.2) is 23.7 Å². The summed E-state index contributed by atoms with van der Waals surface area (Å²) in [5.74, 6) is 1.30. The van der Waals surface area contributed by atoms with Crippen LogP contribution in [0.4, 0.5) is 0 Å². The molecule has 0 saturated carbocycles. The first-order valence-corrected chi connectivity index (χ1v) is 8.46. The first kappa shape index (κ1) is 14.4. The minimum absolute atomic E-state index is 0.203. The number of rotatable bonds is 2. The molecule has 5 heteroatoms. The van der Waals surface area contributed by atoms with E-state index in [2.05, 4.69) is 29.1 Å². The molecule has 1 aliphatic heterocycles. The molecule has 0 saturated heterocycles. The predicted octanol–water partition coefficient (Wildman–Crippen LogP) is 3.28. The lowest BCUT2D eigenvalue weighted by Gasteiger charge is -2.15. The van der Waals surface area contributed by atoms with Gasteiger partial charge in [0.05, 0.1) is 16.8 Å². The van der Waals surface area contributed by atoms with Crippen molar-refractivity contribution in [1.29, 1.82) is 0 Å². The first-order valence-electron chi connectivity index (χ1n) is 7.31. The van der Waals surface area contributed by atoms with Gasteiger partial charge >= 0.3 is 0 Å². The molecule has 2 aromatic rings. The van der Waals surface area contributed by atoms with Gasteiger partial charge in [-0.1, -0.05) is 37.3 Å². The fourth-order valence-electron chi connectivity index (χ4n) is 2.73. The maximum atomic E-state index is 12.5. The Kier molecular flexibility index (Phi) is 3.48. The van der Waals surface area contributed by atoms with Crippen molar-refractivity contribution >= 4 is 10.8 Å². The predicted molar refractivity (Wildman–Crippen MR) is 83.8 cm³/mol. The van der Waals surface area contributed by atoms with Crippen LogP contribution in [0.3, 0.4) is 0 Å². The molecule has 1 aromatic heterocycles. The van der Waals surface area contributed by atoms with Crippen molar-refractivity contribution in [3.8, 4) is 0 Å². The van der Waals surface area contributed by atoms with Gasteiger partial charge in [0.2, 0.25) is 5.16 Å². The fraction of sp³-hybridized carbons (Fsp3) is 0.500. The van der Waals surface area contributed by atoms with Crippen LogP contribution < -0.4 is 0 Å². The Morgan fingerprint density at radius 1 is 1.24 bits per heavy atom. The van der Waals surface area contributed by atoms with Gasteiger partial charge in [-0.25, -0.2) is 9.67 Å². The van der Waals surface area contributed by atoms with Gasteiger partial charge < -0.3 is 0 Å². The summed E-state index contributed by atoms with van der Waals surface area (Å²) in [6, 6.07) is 10.6.